The highest BCUT2D eigenvalue weighted by Crippen LogP contribution is 2.31. The van der Waals surface area contributed by atoms with Crippen LogP contribution in [0.5, 0.6) is 11.5 Å². The molecule has 0 spiro atoms. The number of halogens is 4. The van der Waals surface area contributed by atoms with Crippen LogP contribution < -0.4 is 20.1 Å². The first-order valence-corrected chi connectivity index (χ1v) is 10.0. The summed E-state index contributed by atoms with van der Waals surface area (Å²) < 4.78 is 42.3. The number of nitrogens with one attached hydrogen (secondary N) is 3. The molecule has 0 aliphatic carbocycles. The molecule has 0 fully saturated rings. The molecule has 2 heterocycles. The maximum absolute atomic E-state index is 10.6. The lowest BCUT2D eigenvalue weighted by atomic mass is 10.2. The highest BCUT2D eigenvalue weighted by Gasteiger charge is 2.38. The van der Waals surface area contributed by atoms with E-state index in [1.54, 1.807) is 26.5 Å². The average molecular weight is 511 g/mol. The molecule has 14 heteroatoms. The predicted molar refractivity (Wildman–Crippen MR) is 123 cm³/mol. The van der Waals surface area contributed by atoms with Crippen LogP contribution in [0.4, 0.5) is 36.4 Å². The zero-order valence-corrected chi connectivity index (χ0v) is 18.9. The molecule has 0 aliphatic heterocycles. The second-order valence-corrected chi connectivity index (χ2v) is 7.09. The normalized spacial score (nSPS) is 10.8. The van der Waals surface area contributed by atoms with Crippen molar-refractivity contribution in [3.63, 3.8) is 0 Å². The summed E-state index contributed by atoms with van der Waals surface area (Å²) in [6.07, 6.45) is -3.43. The van der Waals surface area contributed by atoms with Crippen LogP contribution >= 0.6 is 11.6 Å². The Labute approximate surface area is 201 Å². The maximum Gasteiger partial charge on any atom is 0.490 e. The zero-order valence-electron chi connectivity index (χ0n) is 18.1. The van der Waals surface area contributed by atoms with Gasteiger partial charge in [-0.15, -0.1) is 0 Å². The van der Waals surface area contributed by atoms with Crippen molar-refractivity contribution in [2.24, 2.45) is 0 Å². The molecule has 0 amide bonds. The summed E-state index contributed by atoms with van der Waals surface area (Å²) in [6.45, 7) is 0. The highest BCUT2D eigenvalue weighted by molar-refractivity contribution is 6.31. The van der Waals surface area contributed by atoms with Gasteiger partial charge in [-0.3, -0.25) is 5.10 Å². The minimum Gasteiger partial charge on any atom is -0.493 e. The van der Waals surface area contributed by atoms with Crippen molar-refractivity contribution in [3.8, 4) is 11.5 Å². The molecule has 0 saturated carbocycles. The van der Waals surface area contributed by atoms with E-state index >= 15 is 0 Å². The van der Waals surface area contributed by atoms with Crippen LogP contribution in [0.1, 0.15) is 0 Å². The summed E-state index contributed by atoms with van der Waals surface area (Å²) in [5.41, 5.74) is 1.65. The number of aliphatic carboxylic acids is 1. The monoisotopic (exact) mass is 510 g/mol. The molecule has 0 saturated heterocycles. The molecule has 35 heavy (non-hydrogen) atoms. The first kappa shape index (κ1) is 25.4. The van der Waals surface area contributed by atoms with Gasteiger partial charge in [-0.2, -0.15) is 23.3 Å². The van der Waals surface area contributed by atoms with Crippen molar-refractivity contribution in [2.75, 3.05) is 24.9 Å². The molecule has 4 N–H and O–H groups in total. The molecular weight excluding hydrogens is 493 g/mol. The summed E-state index contributed by atoms with van der Waals surface area (Å²) in [4.78, 5) is 17.6. The van der Waals surface area contributed by atoms with Gasteiger partial charge in [0.2, 0.25) is 5.95 Å². The Bertz CT molecular complexity index is 1330. The molecule has 0 atom stereocenters. The van der Waals surface area contributed by atoms with E-state index in [0.29, 0.717) is 34.1 Å². The quantitative estimate of drug-likeness (QED) is 0.278. The lowest BCUT2D eigenvalue weighted by molar-refractivity contribution is -0.192. The Kier molecular flexibility index (Phi) is 7.81. The van der Waals surface area contributed by atoms with Crippen LogP contribution in [0.15, 0.2) is 48.7 Å². The van der Waals surface area contributed by atoms with Gasteiger partial charge in [0, 0.05) is 28.4 Å². The van der Waals surface area contributed by atoms with Gasteiger partial charge in [0.15, 0.2) is 17.3 Å². The van der Waals surface area contributed by atoms with Gasteiger partial charge in [-0.05, 0) is 36.4 Å². The Morgan fingerprint density at radius 1 is 1.06 bits per heavy atom. The standard InChI is InChI=1S/C19H17ClN6O2.C2HF3O2/c1-27-15-6-4-12(10-16(15)28-2)22-19-21-8-7-17(24-19)23-18-13-9-11(20)3-5-14(13)25-26-18;3-2(4,5)1(6)7/h3-10H,1-2H3,(H3,21,22,23,24,25,26);(H,6,7). The topological polar surface area (TPSA) is 134 Å². The summed E-state index contributed by atoms with van der Waals surface area (Å²) in [5, 5.41) is 22.2. The van der Waals surface area contributed by atoms with E-state index in [9.17, 15) is 13.2 Å². The number of carboxylic acids is 1. The third-order valence-corrected chi connectivity index (χ3v) is 4.54. The molecule has 0 bridgehead atoms. The van der Waals surface area contributed by atoms with Crippen molar-refractivity contribution in [3.05, 3.63) is 53.7 Å². The van der Waals surface area contributed by atoms with E-state index in [-0.39, 0.29) is 0 Å². The first-order chi connectivity index (χ1) is 16.6. The lowest BCUT2D eigenvalue weighted by Crippen LogP contribution is -2.21. The number of alkyl halides is 3. The van der Waals surface area contributed by atoms with Crippen molar-refractivity contribution >= 4 is 51.7 Å². The van der Waals surface area contributed by atoms with Crippen molar-refractivity contribution in [2.45, 2.75) is 6.18 Å². The number of aromatic nitrogens is 4. The van der Waals surface area contributed by atoms with E-state index in [1.807, 2.05) is 36.4 Å². The summed E-state index contributed by atoms with van der Waals surface area (Å²) in [7, 11) is 3.18. The maximum atomic E-state index is 10.6. The highest BCUT2D eigenvalue weighted by atomic mass is 35.5. The van der Waals surface area contributed by atoms with Crippen molar-refractivity contribution in [1.29, 1.82) is 0 Å². The zero-order chi connectivity index (χ0) is 25.6. The number of anilines is 4. The number of rotatable bonds is 6. The van der Waals surface area contributed by atoms with Gasteiger partial charge >= 0.3 is 12.1 Å². The first-order valence-electron chi connectivity index (χ1n) is 9.63. The second kappa shape index (κ2) is 10.8. The van der Waals surface area contributed by atoms with Crippen LogP contribution in [0, 0.1) is 0 Å². The minimum absolute atomic E-state index is 0.426. The van der Waals surface area contributed by atoms with Crippen molar-refractivity contribution < 1.29 is 32.5 Å². The summed E-state index contributed by atoms with van der Waals surface area (Å²) in [6, 6.07) is 12.8. The third kappa shape index (κ3) is 6.63. The number of fused-ring (bicyclic) bond motifs is 1. The molecule has 184 valence electrons. The van der Waals surface area contributed by atoms with Gasteiger partial charge in [0.1, 0.15) is 5.82 Å². The number of carbonyl (C=O) groups is 1. The Hall–Kier alpha value is -4.26. The second-order valence-electron chi connectivity index (χ2n) is 6.65. The number of nitrogens with zero attached hydrogens (tertiary/aromatic N) is 3. The van der Waals surface area contributed by atoms with Crippen molar-refractivity contribution in [1.82, 2.24) is 20.2 Å². The van der Waals surface area contributed by atoms with Gasteiger partial charge in [-0.25, -0.2) is 9.78 Å². The molecule has 4 rings (SSSR count). The van der Waals surface area contributed by atoms with Crippen LogP contribution in [0.3, 0.4) is 0 Å². The van der Waals surface area contributed by atoms with Crippen LogP contribution in [0.2, 0.25) is 5.02 Å². The number of ether oxygens (including phenoxy) is 2. The van der Waals surface area contributed by atoms with Crippen LogP contribution in [-0.2, 0) is 4.79 Å². The fraction of sp³-hybridized carbons (Fsp3) is 0.143. The van der Waals surface area contributed by atoms with Gasteiger partial charge in [0.25, 0.3) is 0 Å². The van der Waals surface area contributed by atoms with E-state index in [1.165, 1.54) is 0 Å². The number of H-pyrrole nitrogens is 1. The number of hydrogen-bond acceptors (Lipinski definition) is 8. The van der Waals surface area contributed by atoms with Gasteiger partial charge in [-0.1, -0.05) is 11.6 Å². The van der Waals surface area contributed by atoms with Gasteiger partial charge < -0.3 is 25.2 Å². The number of benzene rings is 2. The lowest BCUT2D eigenvalue weighted by Gasteiger charge is -2.11. The third-order valence-electron chi connectivity index (χ3n) is 4.31. The summed E-state index contributed by atoms with van der Waals surface area (Å²) >= 11 is 6.09. The van der Waals surface area contributed by atoms with E-state index < -0.39 is 12.1 Å². The Morgan fingerprint density at radius 2 is 1.77 bits per heavy atom. The predicted octanol–water partition coefficient (Wildman–Crippen LogP) is 5.14. The SMILES string of the molecule is COc1ccc(Nc2nccc(Nc3n[nH]c4ccc(Cl)cc34)n2)cc1OC.O=C(O)C(F)(F)F. The number of methoxy groups -OCH3 is 2. The van der Waals surface area contributed by atoms with Gasteiger partial charge in [0.05, 0.1) is 19.7 Å². The van der Waals surface area contributed by atoms with Crippen LogP contribution in [-0.4, -0.2) is 51.6 Å². The molecule has 2 aromatic heterocycles. The van der Waals surface area contributed by atoms with E-state index in [4.69, 9.17) is 31.0 Å². The Balaban J connectivity index is 0.000000429. The van der Waals surface area contributed by atoms with E-state index in [2.05, 4.69) is 30.8 Å². The molecule has 0 aliphatic rings. The molecule has 0 unspecified atom stereocenters. The smallest absolute Gasteiger partial charge is 0.490 e. The van der Waals surface area contributed by atoms with E-state index in [0.717, 1.165) is 16.6 Å². The fourth-order valence-corrected chi connectivity index (χ4v) is 2.91. The molecule has 10 nitrogen and oxygen atoms in total. The molecule has 2 aromatic carbocycles. The number of carboxylic acid groups (broad SMARTS) is 1. The fourth-order valence-electron chi connectivity index (χ4n) is 2.73. The van der Waals surface area contributed by atoms with Crippen LogP contribution in [0.25, 0.3) is 10.9 Å². The largest absolute Gasteiger partial charge is 0.493 e. The molecular formula is C21H18ClF3N6O4. The molecule has 4 aromatic rings. The number of aromatic amines is 1. The average Bonchev–Trinajstić information content (AvgIpc) is 3.20. The molecule has 0 radical (unpaired) electrons. The summed E-state index contributed by atoms with van der Waals surface area (Å²) in [5.74, 6) is 0.150. The minimum atomic E-state index is -5.08. The number of hydrogen-bond donors (Lipinski definition) is 4. The Morgan fingerprint density at radius 3 is 2.43 bits per heavy atom.